The molecule has 1 atom stereocenters. The summed E-state index contributed by atoms with van der Waals surface area (Å²) < 4.78 is 62.2. The molecular weight excluding hydrogens is 336 g/mol. The zero-order chi connectivity index (χ0) is 12.7. The Kier molecular flexibility index (Phi) is 5.17. The monoisotopic (exact) mass is 341 g/mol. The molecule has 0 saturated carbocycles. The highest BCUT2D eigenvalue weighted by molar-refractivity contribution is 9.10. The van der Waals surface area contributed by atoms with E-state index < -0.39 is 39.6 Å². The fourth-order valence-corrected chi connectivity index (χ4v) is 1.47. The molecule has 1 rings (SSSR count). The van der Waals surface area contributed by atoms with Crippen LogP contribution in [-0.4, -0.2) is 11.3 Å². The third kappa shape index (κ3) is 3.20. The molecule has 0 bridgehead atoms. The molecule has 0 aromatic heterocycles. The predicted molar refractivity (Wildman–Crippen MR) is 56.0 cm³/mol. The lowest BCUT2D eigenvalue weighted by Crippen LogP contribution is -2.29. The second-order valence-corrected chi connectivity index (χ2v) is 3.79. The number of phenols is 1. The number of alkyl halides is 3. The molecule has 0 spiro atoms. The van der Waals surface area contributed by atoms with Gasteiger partial charge in [-0.2, -0.15) is 13.2 Å². The van der Waals surface area contributed by atoms with Crippen LogP contribution in [0.2, 0.25) is 0 Å². The molecule has 2 nitrogen and oxygen atoms in total. The summed E-state index contributed by atoms with van der Waals surface area (Å²) in [4.78, 5) is 0. The second-order valence-electron chi connectivity index (χ2n) is 2.94. The number of phenolic OH excluding ortho intramolecular Hbond substituents is 1. The van der Waals surface area contributed by atoms with E-state index >= 15 is 0 Å². The Morgan fingerprint density at radius 1 is 1.29 bits per heavy atom. The first kappa shape index (κ1) is 16.4. The summed E-state index contributed by atoms with van der Waals surface area (Å²) in [6.45, 7) is 0. The number of rotatable bonds is 1. The van der Waals surface area contributed by atoms with Gasteiger partial charge in [-0.05, 0) is 22.0 Å². The number of hydrogen-bond donors (Lipinski definition) is 2. The molecule has 0 saturated heterocycles. The van der Waals surface area contributed by atoms with Crippen molar-refractivity contribution in [1.29, 1.82) is 0 Å². The Bertz CT molecular complexity index is 399. The zero-order valence-electron chi connectivity index (χ0n) is 7.86. The summed E-state index contributed by atoms with van der Waals surface area (Å²) in [6.07, 6.45) is -4.98. The molecule has 0 aliphatic heterocycles. The van der Waals surface area contributed by atoms with Crippen molar-refractivity contribution < 1.29 is 27.1 Å². The van der Waals surface area contributed by atoms with E-state index in [1.165, 1.54) is 0 Å². The summed E-state index contributed by atoms with van der Waals surface area (Å²) in [5.74, 6) is -4.41. The van der Waals surface area contributed by atoms with Crippen molar-refractivity contribution in [2.75, 3.05) is 0 Å². The standard InChI is InChI=1S/C8H5BrF5NO.ClH/c9-2-1-3(10)5(11)4(6(2)16)7(15)8(12,13)14;/h1,7,16H,15H2;1H/t7-;/m0./s1. The summed E-state index contributed by atoms with van der Waals surface area (Å²) >= 11 is 2.59. The minimum atomic E-state index is -4.98. The Morgan fingerprint density at radius 3 is 2.18 bits per heavy atom. The normalized spacial score (nSPS) is 13.1. The molecule has 0 amide bonds. The van der Waals surface area contributed by atoms with Crippen LogP contribution in [0.25, 0.3) is 0 Å². The van der Waals surface area contributed by atoms with Crippen LogP contribution < -0.4 is 5.73 Å². The van der Waals surface area contributed by atoms with E-state index in [4.69, 9.17) is 5.73 Å². The highest BCUT2D eigenvalue weighted by atomic mass is 79.9. The van der Waals surface area contributed by atoms with E-state index in [1.807, 2.05) is 0 Å². The minimum absolute atomic E-state index is 0. The topological polar surface area (TPSA) is 46.2 Å². The summed E-state index contributed by atoms with van der Waals surface area (Å²) in [5.41, 5.74) is 3.38. The van der Waals surface area contributed by atoms with Crippen molar-refractivity contribution in [3.63, 3.8) is 0 Å². The maximum absolute atomic E-state index is 13.1. The van der Waals surface area contributed by atoms with Crippen molar-refractivity contribution in [2.45, 2.75) is 12.2 Å². The summed E-state index contributed by atoms with van der Waals surface area (Å²) in [7, 11) is 0. The van der Waals surface area contributed by atoms with Gasteiger partial charge in [0.05, 0.1) is 10.0 Å². The third-order valence-corrected chi connectivity index (χ3v) is 2.45. The Balaban J connectivity index is 0.00000256. The lowest BCUT2D eigenvalue weighted by molar-refractivity contribution is -0.150. The van der Waals surface area contributed by atoms with E-state index in [0.717, 1.165) is 0 Å². The molecule has 98 valence electrons. The van der Waals surface area contributed by atoms with Gasteiger partial charge in [-0.15, -0.1) is 12.4 Å². The highest BCUT2D eigenvalue weighted by Gasteiger charge is 2.42. The molecule has 0 heterocycles. The van der Waals surface area contributed by atoms with Gasteiger partial charge in [0, 0.05) is 0 Å². The van der Waals surface area contributed by atoms with Crippen LogP contribution in [0.1, 0.15) is 11.6 Å². The van der Waals surface area contributed by atoms with Gasteiger partial charge in [-0.1, -0.05) is 0 Å². The van der Waals surface area contributed by atoms with E-state index in [2.05, 4.69) is 15.9 Å². The average molecular weight is 342 g/mol. The maximum Gasteiger partial charge on any atom is 0.407 e. The molecule has 17 heavy (non-hydrogen) atoms. The van der Waals surface area contributed by atoms with Crippen LogP contribution in [0.4, 0.5) is 22.0 Å². The van der Waals surface area contributed by atoms with Crippen molar-refractivity contribution in [3.05, 3.63) is 27.7 Å². The Morgan fingerprint density at radius 2 is 1.76 bits per heavy atom. The molecule has 0 unspecified atom stereocenters. The van der Waals surface area contributed by atoms with Crippen LogP contribution >= 0.6 is 28.3 Å². The minimum Gasteiger partial charge on any atom is -0.506 e. The summed E-state index contributed by atoms with van der Waals surface area (Å²) in [5, 5.41) is 9.20. The number of benzene rings is 1. The van der Waals surface area contributed by atoms with Gasteiger partial charge in [0.2, 0.25) is 0 Å². The van der Waals surface area contributed by atoms with Crippen LogP contribution in [0.5, 0.6) is 5.75 Å². The van der Waals surface area contributed by atoms with Crippen LogP contribution in [0.15, 0.2) is 10.5 Å². The zero-order valence-corrected chi connectivity index (χ0v) is 10.3. The van der Waals surface area contributed by atoms with Crippen LogP contribution in [0.3, 0.4) is 0 Å². The number of hydrogen-bond acceptors (Lipinski definition) is 2. The SMILES string of the molecule is Cl.N[C@@H](c1c(O)c(Br)cc(F)c1F)C(F)(F)F. The predicted octanol–water partition coefficient (Wildman–Crippen LogP) is 3.42. The molecule has 9 heteroatoms. The maximum atomic E-state index is 13.1. The van der Waals surface area contributed by atoms with E-state index in [0.29, 0.717) is 6.07 Å². The molecule has 0 radical (unpaired) electrons. The quantitative estimate of drug-likeness (QED) is 0.607. The first-order valence-corrected chi connectivity index (χ1v) is 4.64. The molecule has 3 N–H and O–H groups in total. The van der Waals surface area contributed by atoms with Gasteiger partial charge < -0.3 is 10.8 Å². The van der Waals surface area contributed by atoms with Gasteiger partial charge in [0.15, 0.2) is 11.6 Å². The molecule has 0 aliphatic rings. The van der Waals surface area contributed by atoms with Gasteiger partial charge in [0.1, 0.15) is 11.8 Å². The number of aromatic hydroxyl groups is 1. The molecule has 0 aliphatic carbocycles. The van der Waals surface area contributed by atoms with Gasteiger partial charge in [-0.25, -0.2) is 8.78 Å². The first-order chi connectivity index (χ1) is 7.16. The second kappa shape index (κ2) is 5.36. The largest absolute Gasteiger partial charge is 0.506 e. The van der Waals surface area contributed by atoms with E-state index in [1.54, 1.807) is 0 Å². The van der Waals surface area contributed by atoms with Gasteiger partial charge >= 0.3 is 6.18 Å². The highest BCUT2D eigenvalue weighted by Crippen LogP contribution is 2.40. The fourth-order valence-electron chi connectivity index (χ4n) is 1.05. The fraction of sp³-hybridized carbons (Fsp3) is 0.250. The number of halogens is 7. The van der Waals surface area contributed by atoms with Crippen molar-refractivity contribution in [1.82, 2.24) is 0 Å². The molecule has 1 aromatic carbocycles. The van der Waals surface area contributed by atoms with E-state index in [-0.39, 0.29) is 12.4 Å². The van der Waals surface area contributed by atoms with Crippen molar-refractivity contribution in [2.24, 2.45) is 5.73 Å². The smallest absolute Gasteiger partial charge is 0.407 e. The molecule has 0 fully saturated rings. The van der Waals surface area contributed by atoms with Crippen molar-refractivity contribution >= 4 is 28.3 Å². The lowest BCUT2D eigenvalue weighted by Gasteiger charge is -2.18. The Hall–Kier alpha value is -0.600. The van der Waals surface area contributed by atoms with Gasteiger partial charge in [-0.3, -0.25) is 0 Å². The van der Waals surface area contributed by atoms with Crippen LogP contribution in [-0.2, 0) is 0 Å². The first-order valence-electron chi connectivity index (χ1n) is 3.85. The lowest BCUT2D eigenvalue weighted by atomic mass is 10.1. The molecular formula is C8H6BrClF5NO. The Labute approximate surface area is 107 Å². The van der Waals surface area contributed by atoms with Crippen LogP contribution in [0, 0.1) is 11.6 Å². The summed E-state index contributed by atoms with van der Waals surface area (Å²) in [6, 6.07) is -2.28. The van der Waals surface area contributed by atoms with Crippen molar-refractivity contribution in [3.8, 4) is 5.75 Å². The average Bonchev–Trinajstić information content (AvgIpc) is 2.13. The molecule has 1 aromatic rings. The van der Waals surface area contributed by atoms with E-state index in [9.17, 15) is 27.1 Å². The van der Waals surface area contributed by atoms with Gasteiger partial charge in [0.25, 0.3) is 0 Å². The third-order valence-electron chi connectivity index (χ3n) is 1.84. The number of nitrogens with two attached hydrogens (primary N) is 1.